The van der Waals surface area contributed by atoms with Crippen LogP contribution in [0.3, 0.4) is 0 Å². The number of methoxy groups -OCH3 is 1. The topological polar surface area (TPSA) is 51.7 Å². The molecule has 3 rings (SSSR count). The SMILES string of the molecule is COc1ccc2nc(OC3CCN(C(=O)C(C)(C)C)CC3)sc2c1. The van der Waals surface area contributed by atoms with Gasteiger partial charge in [-0.05, 0) is 18.2 Å². The fraction of sp³-hybridized carbons (Fsp3) is 0.556. The fourth-order valence-corrected chi connectivity index (χ4v) is 3.76. The smallest absolute Gasteiger partial charge is 0.274 e. The molecule has 0 spiro atoms. The molecule has 0 N–H and O–H groups in total. The van der Waals surface area contributed by atoms with Gasteiger partial charge < -0.3 is 14.4 Å². The summed E-state index contributed by atoms with van der Waals surface area (Å²) in [6.07, 6.45) is 1.82. The molecule has 0 unspecified atom stereocenters. The number of nitrogens with zero attached hydrogens (tertiary/aromatic N) is 2. The Bertz CT molecular complexity index is 727. The summed E-state index contributed by atoms with van der Waals surface area (Å²) in [4.78, 5) is 18.8. The molecule has 0 saturated carbocycles. The van der Waals surface area contributed by atoms with Crippen molar-refractivity contribution in [2.45, 2.75) is 39.7 Å². The lowest BCUT2D eigenvalue weighted by molar-refractivity contribution is -0.141. The molecule has 1 aliphatic heterocycles. The van der Waals surface area contributed by atoms with E-state index in [1.165, 1.54) is 11.3 Å². The van der Waals surface area contributed by atoms with Gasteiger partial charge >= 0.3 is 0 Å². The minimum atomic E-state index is -0.320. The van der Waals surface area contributed by atoms with E-state index in [2.05, 4.69) is 4.98 Å². The number of hydrogen-bond donors (Lipinski definition) is 0. The molecule has 2 aromatic rings. The Hall–Kier alpha value is -1.82. The van der Waals surface area contributed by atoms with Crippen LogP contribution in [0.4, 0.5) is 0 Å². The molecule has 1 saturated heterocycles. The number of benzene rings is 1. The highest BCUT2D eigenvalue weighted by atomic mass is 32.1. The largest absolute Gasteiger partial charge is 0.497 e. The summed E-state index contributed by atoms with van der Waals surface area (Å²) in [5.41, 5.74) is 0.607. The second-order valence-electron chi connectivity index (χ2n) is 7.17. The Morgan fingerprint density at radius 2 is 2.00 bits per heavy atom. The van der Waals surface area contributed by atoms with Crippen LogP contribution in [0.25, 0.3) is 10.2 Å². The number of carbonyl (C=O) groups is 1. The van der Waals surface area contributed by atoms with Crippen LogP contribution in [0.1, 0.15) is 33.6 Å². The van der Waals surface area contributed by atoms with Crippen molar-refractivity contribution in [1.82, 2.24) is 9.88 Å². The number of hydrogen-bond acceptors (Lipinski definition) is 5. The van der Waals surface area contributed by atoms with Gasteiger partial charge in [-0.25, -0.2) is 4.98 Å². The van der Waals surface area contributed by atoms with Crippen LogP contribution in [0.2, 0.25) is 0 Å². The Morgan fingerprint density at radius 3 is 2.62 bits per heavy atom. The van der Waals surface area contributed by atoms with Gasteiger partial charge in [0.05, 0.1) is 17.3 Å². The van der Waals surface area contributed by atoms with Crippen LogP contribution in [-0.4, -0.2) is 42.1 Å². The molecule has 6 heteroatoms. The van der Waals surface area contributed by atoms with Crippen LogP contribution in [-0.2, 0) is 4.79 Å². The normalized spacial score (nSPS) is 16.4. The predicted octanol–water partition coefficient (Wildman–Crippen LogP) is 3.72. The number of rotatable bonds is 3. The van der Waals surface area contributed by atoms with Crippen molar-refractivity contribution < 1.29 is 14.3 Å². The Morgan fingerprint density at radius 1 is 1.29 bits per heavy atom. The van der Waals surface area contributed by atoms with Crippen LogP contribution in [0, 0.1) is 5.41 Å². The molecule has 1 aliphatic rings. The molecule has 0 radical (unpaired) electrons. The van der Waals surface area contributed by atoms with Crippen molar-refractivity contribution in [2.75, 3.05) is 20.2 Å². The first-order valence-corrected chi connectivity index (χ1v) is 9.09. The molecule has 2 heterocycles. The van der Waals surface area contributed by atoms with E-state index < -0.39 is 0 Å². The highest BCUT2D eigenvalue weighted by molar-refractivity contribution is 7.20. The van der Waals surface area contributed by atoms with Crippen molar-refractivity contribution in [3.63, 3.8) is 0 Å². The summed E-state index contributed by atoms with van der Waals surface area (Å²) in [6, 6.07) is 5.83. The molecule has 0 aliphatic carbocycles. The number of aromatic nitrogens is 1. The molecule has 1 amide bonds. The summed E-state index contributed by atoms with van der Waals surface area (Å²) in [7, 11) is 1.66. The standard InChI is InChI=1S/C18H24N2O3S/c1-18(2,3)16(21)20-9-7-12(8-10-20)23-17-19-14-6-5-13(22-4)11-15(14)24-17/h5-6,11-12H,7-10H2,1-4H3. The molecule has 5 nitrogen and oxygen atoms in total. The third kappa shape index (κ3) is 3.64. The van der Waals surface area contributed by atoms with Gasteiger partial charge in [-0.1, -0.05) is 32.1 Å². The zero-order chi connectivity index (χ0) is 17.3. The second-order valence-corrected chi connectivity index (χ2v) is 8.17. The summed E-state index contributed by atoms with van der Waals surface area (Å²) in [5.74, 6) is 1.04. The third-order valence-corrected chi connectivity index (χ3v) is 5.12. The number of ether oxygens (including phenoxy) is 2. The zero-order valence-corrected chi connectivity index (χ0v) is 15.5. The molecule has 1 aromatic carbocycles. The van der Waals surface area contributed by atoms with Gasteiger partial charge in [0.1, 0.15) is 11.9 Å². The van der Waals surface area contributed by atoms with Crippen molar-refractivity contribution in [3.05, 3.63) is 18.2 Å². The van der Waals surface area contributed by atoms with Gasteiger partial charge in [0, 0.05) is 31.3 Å². The third-order valence-electron chi connectivity index (χ3n) is 4.21. The summed E-state index contributed by atoms with van der Waals surface area (Å²) < 4.78 is 12.4. The first kappa shape index (κ1) is 17.0. The van der Waals surface area contributed by atoms with Crippen molar-refractivity contribution in [1.29, 1.82) is 0 Å². The Labute approximate surface area is 146 Å². The minimum Gasteiger partial charge on any atom is -0.497 e. The van der Waals surface area contributed by atoms with E-state index in [0.717, 1.165) is 41.9 Å². The number of amides is 1. The molecule has 0 bridgehead atoms. The van der Waals surface area contributed by atoms with Crippen LogP contribution in [0.15, 0.2) is 18.2 Å². The molecule has 1 fully saturated rings. The maximum absolute atomic E-state index is 12.3. The number of likely N-dealkylation sites (tertiary alicyclic amines) is 1. The molecule has 130 valence electrons. The zero-order valence-electron chi connectivity index (χ0n) is 14.7. The molecule has 24 heavy (non-hydrogen) atoms. The lowest BCUT2D eigenvalue weighted by Crippen LogP contribution is -2.46. The van der Waals surface area contributed by atoms with Crippen molar-refractivity contribution in [2.24, 2.45) is 5.41 Å². The Kier molecular flexibility index (Phi) is 4.67. The average Bonchev–Trinajstić information content (AvgIpc) is 2.95. The van der Waals surface area contributed by atoms with Gasteiger partial charge in [0.2, 0.25) is 5.91 Å². The van der Waals surface area contributed by atoms with E-state index in [0.29, 0.717) is 5.19 Å². The van der Waals surface area contributed by atoms with Gasteiger partial charge in [0.25, 0.3) is 5.19 Å². The highest BCUT2D eigenvalue weighted by Crippen LogP contribution is 2.32. The summed E-state index contributed by atoms with van der Waals surface area (Å²) >= 11 is 1.54. The number of carbonyl (C=O) groups excluding carboxylic acids is 1. The Balaban J connectivity index is 1.61. The monoisotopic (exact) mass is 348 g/mol. The summed E-state index contributed by atoms with van der Waals surface area (Å²) in [6.45, 7) is 7.40. The quantitative estimate of drug-likeness (QED) is 0.848. The first-order valence-electron chi connectivity index (χ1n) is 8.27. The minimum absolute atomic E-state index is 0.122. The number of thiazole rings is 1. The van der Waals surface area contributed by atoms with E-state index >= 15 is 0 Å². The molecule has 1 aromatic heterocycles. The van der Waals surface area contributed by atoms with E-state index in [1.807, 2.05) is 43.9 Å². The lowest BCUT2D eigenvalue weighted by atomic mass is 9.93. The van der Waals surface area contributed by atoms with E-state index in [1.54, 1.807) is 7.11 Å². The maximum Gasteiger partial charge on any atom is 0.274 e. The van der Waals surface area contributed by atoms with E-state index in [-0.39, 0.29) is 17.4 Å². The number of piperidine rings is 1. The van der Waals surface area contributed by atoms with Crippen molar-refractivity contribution >= 4 is 27.5 Å². The summed E-state index contributed by atoms with van der Waals surface area (Å²) in [5, 5.41) is 0.693. The second kappa shape index (κ2) is 6.59. The molecular formula is C18H24N2O3S. The van der Waals surface area contributed by atoms with Crippen LogP contribution >= 0.6 is 11.3 Å². The maximum atomic E-state index is 12.3. The lowest BCUT2D eigenvalue weighted by Gasteiger charge is -2.35. The van der Waals surface area contributed by atoms with Gasteiger partial charge in [-0.2, -0.15) is 0 Å². The predicted molar refractivity (Wildman–Crippen MR) is 95.9 cm³/mol. The van der Waals surface area contributed by atoms with E-state index in [9.17, 15) is 4.79 Å². The molecular weight excluding hydrogens is 324 g/mol. The van der Waals surface area contributed by atoms with Gasteiger partial charge in [0.15, 0.2) is 0 Å². The first-order chi connectivity index (χ1) is 11.4. The highest BCUT2D eigenvalue weighted by Gasteiger charge is 2.31. The van der Waals surface area contributed by atoms with Gasteiger partial charge in [-0.3, -0.25) is 4.79 Å². The number of fused-ring (bicyclic) bond motifs is 1. The van der Waals surface area contributed by atoms with E-state index in [4.69, 9.17) is 9.47 Å². The fourth-order valence-electron chi connectivity index (χ4n) is 2.85. The van der Waals surface area contributed by atoms with Crippen molar-refractivity contribution in [3.8, 4) is 10.9 Å². The van der Waals surface area contributed by atoms with Gasteiger partial charge in [-0.15, -0.1) is 0 Å². The average molecular weight is 348 g/mol. The van der Waals surface area contributed by atoms with Crippen LogP contribution in [0.5, 0.6) is 10.9 Å². The van der Waals surface area contributed by atoms with Crippen LogP contribution < -0.4 is 9.47 Å². The molecule has 0 atom stereocenters.